The first kappa shape index (κ1) is 17.4. The van der Waals surface area contributed by atoms with Gasteiger partial charge in [-0.2, -0.15) is 5.26 Å². The summed E-state index contributed by atoms with van der Waals surface area (Å²) in [7, 11) is -3.67. The van der Waals surface area contributed by atoms with Gasteiger partial charge in [0, 0.05) is 18.1 Å². The molecule has 0 atom stereocenters. The highest BCUT2D eigenvalue weighted by atomic mass is 32.2. The summed E-state index contributed by atoms with van der Waals surface area (Å²) in [5, 5.41) is 8.98. The van der Waals surface area contributed by atoms with Crippen molar-refractivity contribution in [1.29, 1.82) is 5.26 Å². The van der Waals surface area contributed by atoms with E-state index in [2.05, 4.69) is 14.7 Å². The molecule has 0 spiro atoms. The first-order valence-electron chi connectivity index (χ1n) is 7.56. The lowest BCUT2D eigenvalue weighted by Gasteiger charge is -2.10. The van der Waals surface area contributed by atoms with Crippen LogP contribution in [0, 0.1) is 18.3 Å². The molecule has 0 amide bonds. The Bertz CT molecular complexity index is 1060. The van der Waals surface area contributed by atoms with Crippen LogP contribution in [0.4, 0.5) is 5.69 Å². The van der Waals surface area contributed by atoms with Gasteiger partial charge >= 0.3 is 0 Å². The molecule has 0 radical (unpaired) electrons. The summed E-state index contributed by atoms with van der Waals surface area (Å²) < 4.78 is 32.8. The van der Waals surface area contributed by atoms with Crippen LogP contribution in [0.25, 0.3) is 0 Å². The van der Waals surface area contributed by atoms with Crippen LogP contribution in [0.1, 0.15) is 11.3 Å². The third kappa shape index (κ3) is 3.96. The first-order chi connectivity index (χ1) is 12.5. The van der Waals surface area contributed by atoms with E-state index in [1.54, 1.807) is 48.5 Å². The number of aryl methyl sites for hydroxylation is 1. The van der Waals surface area contributed by atoms with E-state index in [9.17, 15) is 8.42 Å². The molecule has 130 valence electrons. The van der Waals surface area contributed by atoms with E-state index in [-0.39, 0.29) is 16.5 Å². The van der Waals surface area contributed by atoms with Gasteiger partial charge in [0.1, 0.15) is 11.8 Å². The molecule has 3 aromatic rings. The molecule has 7 nitrogen and oxygen atoms in total. The zero-order chi connectivity index (χ0) is 18.6. The van der Waals surface area contributed by atoms with E-state index in [0.29, 0.717) is 11.4 Å². The highest BCUT2D eigenvalue weighted by Gasteiger charge is 2.14. The van der Waals surface area contributed by atoms with Gasteiger partial charge in [-0.15, -0.1) is 0 Å². The Morgan fingerprint density at radius 1 is 1.00 bits per heavy atom. The van der Waals surface area contributed by atoms with Crippen molar-refractivity contribution in [1.82, 2.24) is 9.97 Å². The topological polar surface area (TPSA) is 105 Å². The van der Waals surface area contributed by atoms with Gasteiger partial charge in [-0.3, -0.25) is 4.72 Å². The predicted octanol–water partition coefficient (Wildman–Crippen LogP) is 3.25. The van der Waals surface area contributed by atoms with Gasteiger partial charge in [0.05, 0.1) is 4.90 Å². The van der Waals surface area contributed by atoms with E-state index in [4.69, 9.17) is 10.00 Å². The number of anilines is 1. The number of nitrogens with zero attached hydrogens (tertiary/aromatic N) is 3. The Balaban J connectivity index is 1.75. The molecule has 0 bridgehead atoms. The van der Waals surface area contributed by atoms with E-state index < -0.39 is 10.0 Å². The van der Waals surface area contributed by atoms with E-state index in [1.807, 2.05) is 13.0 Å². The summed E-state index contributed by atoms with van der Waals surface area (Å²) in [6.45, 7) is 1.89. The zero-order valence-corrected chi connectivity index (χ0v) is 14.6. The molecule has 2 aromatic carbocycles. The number of hydrogen-bond acceptors (Lipinski definition) is 6. The summed E-state index contributed by atoms with van der Waals surface area (Å²) in [6.07, 6.45) is 2.81. The smallest absolute Gasteiger partial charge is 0.261 e. The minimum atomic E-state index is -3.67. The van der Waals surface area contributed by atoms with Gasteiger partial charge < -0.3 is 4.74 Å². The fourth-order valence-electron chi connectivity index (χ4n) is 2.11. The summed E-state index contributed by atoms with van der Waals surface area (Å²) in [6, 6.07) is 14.7. The second-order valence-electron chi connectivity index (χ2n) is 5.37. The van der Waals surface area contributed by atoms with Crippen molar-refractivity contribution in [3.63, 3.8) is 0 Å². The highest BCUT2D eigenvalue weighted by molar-refractivity contribution is 7.92. The lowest BCUT2D eigenvalue weighted by Crippen LogP contribution is -2.12. The molecule has 1 aromatic heterocycles. The molecule has 0 saturated heterocycles. The van der Waals surface area contributed by atoms with Crippen LogP contribution in [-0.4, -0.2) is 18.4 Å². The van der Waals surface area contributed by atoms with Crippen molar-refractivity contribution in [3.05, 3.63) is 72.2 Å². The molecule has 0 aliphatic rings. The van der Waals surface area contributed by atoms with Crippen molar-refractivity contribution in [2.45, 2.75) is 11.8 Å². The van der Waals surface area contributed by atoms with Crippen molar-refractivity contribution >= 4 is 15.7 Å². The average Bonchev–Trinajstić information content (AvgIpc) is 2.64. The minimum absolute atomic E-state index is 0.0663. The van der Waals surface area contributed by atoms with Gasteiger partial charge in [0.25, 0.3) is 15.9 Å². The number of sulfonamides is 1. The first-order valence-corrected chi connectivity index (χ1v) is 9.05. The average molecular weight is 366 g/mol. The Morgan fingerprint density at radius 2 is 1.65 bits per heavy atom. The van der Waals surface area contributed by atoms with Crippen LogP contribution < -0.4 is 9.46 Å². The second kappa shape index (κ2) is 7.21. The van der Waals surface area contributed by atoms with E-state index in [0.717, 1.165) is 5.56 Å². The van der Waals surface area contributed by atoms with E-state index >= 15 is 0 Å². The molecule has 26 heavy (non-hydrogen) atoms. The zero-order valence-electron chi connectivity index (χ0n) is 13.7. The fourth-order valence-corrected chi connectivity index (χ4v) is 3.17. The number of nitriles is 1. The quantitative estimate of drug-likeness (QED) is 0.743. The van der Waals surface area contributed by atoms with Gasteiger partial charge in [-0.1, -0.05) is 17.7 Å². The summed E-state index contributed by atoms with van der Waals surface area (Å²) in [4.78, 5) is 8.00. The van der Waals surface area contributed by atoms with Gasteiger partial charge in [0.15, 0.2) is 0 Å². The molecule has 1 heterocycles. The summed E-state index contributed by atoms with van der Waals surface area (Å²) in [5.41, 5.74) is 1.43. The standard InChI is InChI=1S/C18H14N4O3S/c1-13-2-8-16(9-3-13)26(23,24)22-14-4-6-15(7-5-14)25-18-17(12-19)20-10-11-21-18/h2-11,22H,1H3. The summed E-state index contributed by atoms with van der Waals surface area (Å²) in [5.74, 6) is 0.489. The Kier molecular flexibility index (Phi) is 4.82. The van der Waals surface area contributed by atoms with Gasteiger partial charge in [-0.25, -0.2) is 18.4 Å². The third-order valence-electron chi connectivity index (χ3n) is 3.42. The molecular formula is C18H14N4O3S. The molecule has 0 fully saturated rings. The monoisotopic (exact) mass is 366 g/mol. The number of benzene rings is 2. The Hall–Kier alpha value is -3.44. The predicted molar refractivity (Wildman–Crippen MR) is 95.3 cm³/mol. The molecule has 0 saturated carbocycles. The maximum atomic E-state index is 12.4. The Morgan fingerprint density at radius 3 is 2.31 bits per heavy atom. The molecule has 0 unspecified atom stereocenters. The van der Waals surface area contributed by atoms with Crippen molar-refractivity contribution in [3.8, 4) is 17.7 Å². The molecule has 8 heteroatoms. The fraction of sp³-hybridized carbons (Fsp3) is 0.0556. The number of aromatic nitrogens is 2. The number of nitrogens with one attached hydrogen (secondary N) is 1. The van der Waals surface area contributed by atoms with E-state index in [1.165, 1.54) is 12.4 Å². The second-order valence-corrected chi connectivity index (χ2v) is 7.05. The molecule has 0 aliphatic carbocycles. The number of hydrogen-bond donors (Lipinski definition) is 1. The highest BCUT2D eigenvalue weighted by Crippen LogP contribution is 2.24. The summed E-state index contributed by atoms with van der Waals surface area (Å²) >= 11 is 0. The van der Waals surface area contributed by atoms with Crippen LogP contribution in [0.15, 0.2) is 65.8 Å². The lowest BCUT2D eigenvalue weighted by molar-refractivity contribution is 0.458. The SMILES string of the molecule is Cc1ccc(S(=O)(=O)Nc2ccc(Oc3nccnc3C#N)cc2)cc1. The van der Waals surface area contributed by atoms with Crippen LogP contribution >= 0.6 is 0 Å². The van der Waals surface area contributed by atoms with Crippen molar-refractivity contribution in [2.24, 2.45) is 0 Å². The Labute approximate surface area is 151 Å². The van der Waals surface area contributed by atoms with Crippen molar-refractivity contribution in [2.75, 3.05) is 4.72 Å². The third-order valence-corrected chi connectivity index (χ3v) is 4.82. The maximum Gasteiger partial charge on any atom is 0.261 e. The normalized spacial score (nSPS) is 10.8. The van der Waals surface area contributed by atoms with Crippen molar-refractivity contribution < 1.29 is 13.2 Å². The van der Waals surface area contributed by atoms with Crippen LogP contribution in [0.5, 0.6) is 11.6 Å². The lowest BCUT2D eigenvalue weighted by atomic mass is 10.2. The molecule has 1 N–H and O–H groups in total. The maximum absolute atomic E-state index is 12.4. The van der Waals surface area contributed by atoms with Crippen LogP contribution in [-0.2, 0) is 10.0 Å². The number of ether oxygens (including phenoxy) is 1. The molecule has 3 rings (SSSR count). The van der Waals surface area contributed by atoms with Crippen LogP contribution in [0.3, 0.4) is 0 Å². The minimum Gasteiger partial charge on any atom is -0.436 e. The largest absolute Gasteiger partial charge is 0.436 e. The number of rotatable bonds is 5. The van der Waals surface area contributed by atoms with Crippen LogP contribution in [0.2, 0.25) is 0 Å². The van der Waals surface area contributed by atoms with Gasteiger partial charge in [-0.05, 0) is 43.3 Å². The molecule has 0 aliphatic heterocycles. The molecular weight excluding hydrogens is 352 g/mol. The van der Waals surface area contributed by atoms with Gasteiger partial charge in [0.2, 0.25) is 5.69 Å².